The predicted octanol–water partition coefficient (Wildman–Crippen LogP) is 2.05. The van der Waals surface area contributed by atoms with E-state index in [0.717, 1.165) is 31.5 Å². The van der Waals surface area contributed by atoms with Gasteiger partial charge in [-0.15, -0.1) is 0 Å². The van der Waals surface area contributed by atoms with Crippen molar-refractivity contribution in [3.8, 4) is 5.75 Å². The molecule has 1 fully saturated rings. The molecule has 1 heterocycles. The van der Waals surface area contributed by atoms with Crippen LogP contribution in [0.2, 0.25) is 0 Å². The van der Waals surface area contributed by atoms with Crippen molar-refractivity contribution in [1.82, 2.24) is 5.32 Å². The van der Waals surface area contributed by atoms with Gasteiger partial charge in [-0.1, -0.05) is 6.42 Å². The van der Waals surface area contributed by atoms with Crippen molar-refractivity contribution in [3.63, 3.8) is 0 Å². The summed E-state index contributed by atoms with van der Waals surface area (Å²) in [6.45, 7) is 0.761. The fourth-order valence-corrected chi connectivity index (χ4v) is 2.08. The zero-order valence-electron chi connectivity index (χ0n) is 10.6. The van der Waals surface area contributed by atoms with E-state index >= 15 is 0 Å². The minimum absolute atomic E-state index is 0.171. The van der Waals surface area contributed by atoms with E-state index in [9.17, 15) is 13.6 Å². The second-order valence-corrected chi connectivity index (χ2v) is 4.46. The molecular formula is C13H16F2N2O2. The number of amides is 1. The average Bonchev–Trinajstić information content (AvgIpc) is 2.43. The molecule has 1 aliphatic heterocycles. The lowest BCUT2D eigenvalue weighted by atomic mass is 10.0. The van der Waals surface area contributed by atoms with Gasteiger partial charge in [-0.25, -0.2) is 8.78 Å². The van der Waals surface area contributed by atoms with Crippen molar-refractivity contribution in [3.05, 3.63) is 23.8 Å². The number of ether oxygens (including phenoxy) is 1. The molecule has 0 aliphatic carbocycles. The SMILES string of the molecule is COc1cc(F)c(NC(=O)C2CCCCN2)cc1F. The summed E-state index contributed by atoms with van der Waals surface area (Å²) < 4.78 is 31.8. The molecule has 104 valence electrons. The van der Waals surface area contributed by atoms with Gasteiger partial charge in [0.05, 0.1) is 18.8 Å². The Morgan fingerprint density at radius 1 is 1.37 bits per heavy atom. The van der Waals surface area contributed by atoms with Crippen molar-refractivity contribution >= 4 is 11.6 Å². The van der Waals surface area contributed by atoms with E-state index in [1.165, 1.54) is 7.11 Å². The Hall–Kier alpha value is -1.69. The fraction of sp³-hybridized carbons (Fsp3) is 0.462. The Morgan fingerprint density at radius 2 is 2.16 bits per heavy atom. The second-order valence-electron chi connectivity index (χ2n) is 4.46. The van der Waals surface area contributed by atoms with E-state index in [0.29, 0.717) is 6.42 Å². The predicted molar refractivity (Wildman–Crippen MR) is 67.2 cm³/mol. The Kier molecular flexibility index (Phi) is 4.31. The van der Waals surface area contributed by atoms with Crippen LogP contribution in [0.4, 0.5) is 14.5 Å². The van der Waals surface area contributed by atoms with Gasteiger partial charge in [0.25, 0.3) is 0 Å². The third-order valence-electron chi connectivity index (χ3n) is 3.13. The number of benzene rings is 1. The van der Waals surface area contributed by atoms with Gasteiger partial charge in [0, 0.05) is 12.1 Å². The minimum atomic E-state index is -0.720. The zero-order chi connectivity index (χ0) is 13.8. The van der Waals surface area contributed by atoms with E-state index in [4.69, 9.17) is 0 Å². The summed E-state index contributed by atoms with van der Waals surface area (Å²) in [6, 6.07) is 1.49. The summed E-state index contributed by atoms with van der Waals surface area (Å²) in [5, 5.41) is 5.44. The van der Waals surface area contributed by atoms with Crippen LogP contribution in [0, 0.1) is 11.6 Å². The quantitative estimate of drug-likeness (QED) is 0.884. The molecule has 0 bridgehead atoms. The first-order valence-electron chi connectivity index (χ1n) is 6.19. The molecule has 1 aromatic rings. The number of halogens is 2. The summed E-state index contributed by atoms with van der Waals surface area (Å²) in [7, 11) is 1.25. The normalized spacial score (nSPS) is 19.0. The topological polar surface area (TPSA) is 50.4 Å². The van der Waals surface area contributed by atoms with E-state index in [-0.39, 0.29) is 23.4 Å². The molecule has 19 heavy (non-hydrogen) atoms. The highest BCUT2D eigenvalue weighted by molar-refractivity contribution is 5.95. The number of carbonyl (C=O) groups excluding carboxylic acids is 1. The smallest absolute Gasteiger partial charge is 0.241 e. The monoisotopic (exact) mass is 270 g/mol. The third kappa shape index (κ3) is 3.20. The first kappa shape index (κ1) is 13.7. The highest BCUT2D eigenvalue weighted by Crippen LogP contribution is 2.25. The largest absolute Gasteiger partial charge is 0.494 e. The van der Waals surface area contributed by atoms with Crippen molar-refractivity contribution in [2.24, 2.45) is 0 Å². The Bertz CT molecular complexity index is 474. The maximum atomic E-state index is 13.7. The summed E-state index contributed by atoms with van der Waals surface area (Å²) >= 11 is 0. The zero-order valence-corrected chi connectivity index (χ0v) is 10.6. The van der Waals surface area contributed by atoms with Gasteiger partial charge in [-0.05, 0) is 19.4 Å². The molecule has 1 aliphatic rings. The Balaban J connectivity index is 2.10. The van der Waals surface area contributed by atoms with Crippen LogP contribution in [0.3, 0.4) is 0 Å². The fourth-order valence-electron chi connectivity index (χ4n) is 2.08. The lowest BCUT2D eigenvalue weighted by molar-refractivity contribution is -0.118. The lowest BCUT2D eigenvalue weighted by Gasteiger charge is -2.22. The van der Waals surface area contributed by atoms with Crippen LogP contribution < -0.4 is 15.4 Å². The maximum absolute atomic E-state index is 13.7. The van der Waals surface area contributed by atoms with Gasteiger partial charge in [0.1, 0.15) is 0 Å². The number of methoxy groups -OCH3 is 1. The molecule has 1 atom stereocenters. The molecule has 2 rings (SSSR count). The molecule has 4 nitrogen and oxygen atoms in total. The minimum Gasteiger partial charge on any atom is -0.494 e. The van der Waals surface area contributed by atoms with Crippen molar-refractivity contribution in [1.29, 1.82) is 0 Å². The van der Waals surface area contributed by atoms with Gasteiger partial charge in [0.2, 0.25) is 5.91 Å². The highest BCUT2D eigenvalue weighted by atomic mass is 19.1. The van der Waals surface area contributed by atoms with Gasteiger partial charge >= 0.3 is 0 Å². The summed E-state index contributed by atoms with van der Waals surface area (Å²) in [4.78, 5) is 11.9. The highest BCUT2D eigenvalue weighted by Gasteiger charge is 2.22. The van der Waals surface area contributed by atoms with E-state index in [1.807, 2.05) is 0 Å². The van der Waals surface area contributed by atoms with Crippen LogP contribution in [-0.2, 0) is 4.79 Å². The van der Waals surface area contributed by atoms with Crippen LogP contribution >= 0.6 is 0 Å². The van der Waals surface area contributed by atoms with Gasteiger partial charge in [0.15, 0.2) is 17.4 Å². The molecule has 1 amide bonds. The molecule has 2 N–H and O–H groups in total. The van der Waals surface area contributed by atoms with Gasteiger partial charge < -0.3 is 15.4 Å². The lowest BCUT2D eigenvalue weighted by Crippen LogP contribution is -2.43. The number of hydrogen-bond acceptors (Lipinski definition) is 3. The first-order chi connectivity index (χ1) is 9.11. The van der Waals surface area contributed by atoms with E-state index < -0.39 is 11.6 Å². The summed E-state index contributed by atoms with van der Waals surface area (Å²) in [6.07, 6.45) is 2.67. The standard InChI is InChI=1S/C13H16F2N2O2/c1-19-12-7-8(14)11(6-9(12)15)17-13(18)10-4-2-3-5-16-10/h6-7,10,16H,2-5H2,1H3,(H,17,18). The number of hydrogen-bond donors (Lipinski definition) is 2. The van der Waals surface area contributed by atoms with E-state index in [1.54, 1.807) is 0 Å². The molecule has 0 aromatic heterocycles. The summed E-state index contributed by atoms with van der Waals surface area (Å²) in [5.74, 6) is -1.97. The molecule has 0 saturated carbocycles. The average molecular weight is 270 g/mol. The summed E-state index contributed by atoms with van der Waals surface area (Å²) in [5.41, 5.74) is -0.171. The van der Waals surface area contributed by atoms with Crippen molar-refractivity contribution in [2.45, 2.75) is 25.3 Å². The number of anilines is 1. The van der Waals surface area contributed by atoms with Crippen molar-refractivity contribution < 1.29 is 18.3 Å². The van der Waals surface area contributed by atoms with Crippen LogP contribution in [0.15, 0.2) is 12.1 Å². The van der Waals surface area contributed by atoms with Crippen LogP contribution in [0.5, 0.6) is 5.75 Å². The number of nitrogens with one attached hydrogen (secondary N) is 2. The molecule has 1 saturated heterocycles. The van der Waals surface area contributed by atoms with Crippen LogP contribution in [0.25, 0.3) is 0 Å². The van der Waals surface area contributed by atoms with Gasteiger partial charge in [-0.3, -0.25) is 4.79 Å². The third-order valence-corrected chi connectivity index (χ3v) is 3.13. The molecule has 0 spiro atoms. The van der Waals surface area contributed by atoms with E-state index in [2.05, 4.69) is 15.4 Å². The Morgan fingerprint density at radius 3 is 2.79 bits per heavy atom. The first-order valence-corrected chi connectivity index (χ1v) is 6.19. The van der Waals surface area contributed by atoms with Crippen molar-refractivity contribution in [2.75, 3.05) is 19.0 Å². The number of piperidine rings is 1. The van der Waals surface area contributed by atoms with Gasteiger partial charge in [-0.2, -0.15) is 0 Å². The van der Waals surface area contributed by atoms with Crippen LogP contribution in [-0.4, -0.2) is 25.6 Å². The molecule has 6 heteroatoms. The number of carbonyl (C=O) groups is 1. The number of rotatable bonds is 3. The Labute approximate surface area is 110 Å². The second kappa shape index (κ2) is 5.97. The molecule has 1 aromatic carbocycles. The molecular weight excluding hydrogens is 254 g/mol. The van der Waals surface area contributed by atoms with Crippen LogP contribution in [0.1, 0.15) is 19.3 Å². The molecule has 0 radical (unpaired) electrons. The maximum Gasteiger partial charge on any atom is 0.241 e. The molecule has 1 unspecified atom stereocenters.